The number of carbonyl (C=O) groups excluding carboxylic acids is 4. The second-order valence-electron chi connectivity index (χ2n) is 30.1. The summed E-state index contributed by atoms with van der Waals surface area (Å²) in [7, 11) is -9.92. The highest BCUT2D eigenvalue weighted by Gasteiger charge is 2.30. The summed E-state index contributed by atoms with van der Waals surface area (Å²) in [4.78, 5) is 73.1. The zero-order valence-electron chi connectivity index (χ0n) is 65.5. The molecule has 0 fully saturated rings. The van der Waals surface area contributed by atoms with Gasteiger partial charge < -0.3 is 33.8 Å². The lowest BCUT2D eigenvalue weighted by molar-refractivity contribution is -0.161. The van der Waals surface area contributed by atoms with Gasteiger partial charge in [-0.2, -0.15) is 0 Å². The predicted molar refractivity (Wildman–Crippen MR) is 409 cm³/mol. The van der Waals surface area contributed by atoms with Gasteiger partial charge in [-0.3, -0.25) is 37.3 Å². The van der Waals surface area contributed by atoms with Crippen molar-refractivity contribution in [2.24, 2.45) is 11.8 Å². The summed E-state index contributed by atoms with van der Waals surface area (Å²) in [5.74, 6) is -0.597. The van der Waals surface area contributed by atoms with Gasteiger partial charge >= 0.3 is 39.5 Å². The highest BCUT2D eigenvalue weighted by molar-refractivity contribution is 7.47. The van der Waals surface area contributed by atoms with Gasteiger partial charge in [-0.25, -0.2) is 9.13 Å². The summed E-state index contributed by atoms with van der Waals surface area (Å²) in [6, 6.07) is 0. The van der Waals surface area contributed by atoms with Crippen LogP contribution in [0, 0.1) is 11.8 Å². The Bertz CT molecular complexity index is 1920. The van der Waals surface area contributed by atoms with Crippen LogP contribution in [0.25, 0.3) is 0 Å². The number of hydrogen-bond acceptors (Lipinski definition) is 15. The molecule has 0 aliphatic carbocycles. The molecule has 0 heterocycles. The van der Waals surface area contributed by atoms with Gasteiger partial charge in [0.15, 0.2) is 12.2 Å². The minimum Gasteiger partial charge on any atom is -0.462 e. The average Bonchev–Trinajstić information content (AvgIpc) is 0.990. The monoisotopic (exact) mass is 1470 g/mol. The van der Waals surface area contributed by atoms with Crippen LogP contribution in [-0.2, 0) is 65.4 Å². The maximum Gasteiger partial charge on any atom is 0.472 e. The van der Waals surface area contributed by atoms with Crippen molar-refractivity contribution >= 4 is 39.5 Å². The number of hydrogen-bond donors (Lipinski definition) is 3. The fourth-order valence-electron chi connectivity index (χ4n) is 12.5. The van der Waals surface area contributed by atoms with E-state index in [0.29, 0.717) is 25.7 Å². The van der Waals surface area contributed by atoms with E-state index in [2.05, 4.69) is 41.5 Å². The third-order valence-electron chi connectivity index (χ3n) is 19.0. The molecular formula is C81H158O17P2. The highest BCUT2D eigenvalue weighted by Crippen LogP contribution is 2.45. The van der Waals surface area contributed by atoms with Gasteiger partial charge in [0.05, 0.1) is 26.4 Å². The molecule has 3 N–H and O–H groups in total. The van der Waals surface area contributed by atoms with Crippen molar-refractivity contribution in [3.05, 3.63) is 0 Å². The van der Waals surface area contributed by atoms with Crippen LogP contribution in [0.4, 0.5) is 0 Å². The van der Waals surface area contributed by atoms with E-state index < -0.39 is 97.5 Å². The maximum absolute atomic E-state index is 13.1. The van der Waals surface area contributed by atoms with Crippen LogP contribution in [0.2, 0.25) is 0 Å². The van der Waals surface area contributed by atoms with Crippen LogP contribution >= 0.6 is 15.6 Å². The lowest BCUT2D eigenvalue weighted by atomic mass is 10.0. The number of aliphatic hydroxyl groups excluding tert-OH is 1. The molecule has 0 bridgehead atoms. The van der Waals surface area contributed by atoms with E-state index in [1.165, 1.54) is 244 Å². The Morgan fingerprint density at radius 1 is 0.270 bits per heavy atom. The number of esters is 4. The van der Waals surface area contributed by atoms with Crippen LogP contribution < -0.4 is 0 Å². The summed E-state index contributed by atoms with van der Waals surface area (Å²) in [6.45, 7) is 9.63. The SMILES string of the molecule is CCCCCCCCCCCCCCCCCCCC(=O)OC[C@H](COP(=O)(O)OC[C@@H](O)COP(=O)(O)OC[C@@H](COC(=O)CCCCCCCCCCCCC(C)C)OC(=O)CCCCCCCCCCCCC(C)C)OC(=O)CCCCCCCCCCCCCCCCCCC. The average molecular weight is 1470 g/mol. The summed E-state index contributed by atoms with van der Waals surface area (Å²) in [5, 5.41) is 10.6. The van der Waals surface area contributed by atoms with Gasteiger partial charge in [0, 0.05) is 25.7 Å². The van der Waals surface area contributed by atoms with Crippen LogP contribution in [0.15, 0.2) is 0 Å². The third kappa shape index (κ3) is 74.3. The number of unbranched alkanes of at least 4 members (excludes halogenated alkanes) is 50. The molecule has 0 aliphatic heterocycles. The fraction of sp³-hybridized carbons (Fsp3) is 0.951. The Morgan fingerprint density at radius 2 is 0.460 bits per heavy atom. The number of phosphoric acid groups is 2. The minimum atomic E-state index is -4.96. The lowest BCUT2D eigenvalue weighted by Gasteiger charge is -2.21. The Kier molecular flexibility index (Phi) is 71.2. The second kappa shape index (κ2) is 72.6. The number of ether oxygens (including phenoxy) is 4. The van der Waals surface area contributed by atoms with Crippen molar-refractivity contribution in [1.29, 1.82) is 0 Å². The lowest BCUT2D eigenvalue weighted by Crippen LogP contribution is -2.30. The summed E-state index contributed by atoms with van der Waals surface area (Å²) in [5.41, 5.74) is 0. The van der Waals surface area contributed by atoms with Gasteiger partial charge in [-0.15, -0.1) is 0 Å². The topological polar surface area (TPSA) is 237 Å². The smallest absolute Gasteiger partial charge is 0.462 e. The Balaban J connectivity index is 5.26. The number of rotatable bonds is 80. The predicted octanol–water partition coefficient (Wildman–Crippen LogP) is 24.3. The van der Waals surface area contributed by atoms with E-state index >= 15 is 0 Å². The van der Waals surface area contributed by atoms with Crippen molar-refractivity contribution in [2.45, 2.75) is 445 Å². The highest BCUT2D eigenvalue weighted by atomic mass is 31.2. The first-order valence-electron chi connectivity index (χ1n) is 42.0. The van der Waals surface area contributed by atoms with E-state index in [4.69, 9.17) is 37.0 Å². The van der Waals surface area contributed by atoms with Gasteiger partial charge in [0.2, 0.25) is 0 Å². The van der Waals surface area contributed by atoms with E-state index in [0.717, 1.165) is 102 Å². The van der Waals surface area contributed by atoms with Crippen molar-refractivity contribution in [3.8, 4) is 0 Å². The van der Waals surface area contributed by atoms with Crippen molar-refractivity contribution in [1.82, 2.24) is 0 Å². The number of carbonyl (C=O) groups is 4. The molecule has 100 heavy (non-hydrogen) atoms. The molecule has 2 unspecified atom stereocenters. The summed E-state index contributed by atoms with van der Waals surface area (Å²) < 4.78 is 68.8. The van der Waals surface area contributed by atoms with Gasteiger partial charge in [0.25, 0.3) is 0 Å². The normalized spacial score (nSPS) is 13.9. The molecule has 0 aromatic carbocycles. The zero-order valence-corrected chi connectivity index (χ0v) is 67.3. The molecule has 17 nitrogen and oxygen atoms in total. The molecule has 594 valence electrons. The van der Waals surface area contributed by atoms with Gasteiger partial charge in [-0.05, 0) is 37.5 Å². The zero-order chi connectivity index (χ0) is 73.5. The number of phosphoric ester groups is 2. The van der Waals surface area contributed by atoms with E-state index in [9.17, 15) is 43.2 Å². The molecule has 0 saturated heterocycles. The Hall–Kier alpha value is -1.94. The minimum absolute atomic E-state index is 0.106. The van der Waals surface area contributed by atoms with Crippen molar-refractivity contribution < 1.29 is 80.2 Å². The van der Waals surface area contributed by atoms with Gasteiger partial charge in [0.1, 0.15) is 19.3 Å². The molecule has 0 rings (SSSR count). The van der Waals surface area contributed by atoms with Crippen LogP contribution in [-0.4, -0.2) is 96.7 Å². The van der Waals surface area contributed by atoms with Crippen molar-refractivity contribution in [3.63, 3.8) is 0 Å². The van der Waals surface area contributed by atoms with Crippen molar-refractivity contribution in [2.75, 3.05) is 39.6 Å². The maximum atomic E-state index is 13.1. The Morgan fingerprint density at radius 3 is 0.680 bits per heavy atom. The quantitative estimate of drug-likeness (QED) is 0.0222. The molecule has 0 saturated carbocycles. The molecular weight excluding hydrogens is 1310 g/mol. The molecule has 0 aromatic heterocycles. The van der Waals surface area contributed by atoms with E-state index in [1.807, 2.05) is 0 Å². The molecule has 0 radical (unpaired) electrons. The largest absolute Gasteiger partial charge is 0.472 e. The second-order valence-corrected chi connectivity index (χ2v) is 33.0. The molecule has 5 atom stereocenters. The third-order valence-corrected chi connectivity index (χ3v) is 20.9. The van der Waals surface area contributed by atoms with E-state index in [-0.39, 0.29) is 25.7 Å². The molecule has 0 aliphatic rings. The molecule has 0 amide bonds. The molecule has 0 aromatic rings. The molecule has 0 spiro atoms. The first-order valence-corrected chi connectivity index (χ1v) is 45.0. The van der Waals surface area contributed by atoms with Gasteiger partial charge in [-0.1, -0.05) is 375 Å². The van der Waals surface area contributed by atoms with E-state index in [1.54, 1.807) is 0 Å². The fourth-order valence-corrected chi connectivity index (χ4v) is 14.1. The standard InChI is InChI=1S/C81H158O17P2/c1-7-9-11-13-15-17-19-21-23-25-27-29-31-39-45-51-57-63-78(83)91-69-76(97-80(85)65-59-53-47-41-32-30-28-26-24-22-20-18-16-14-12-10-8-2)71-95-99(87,88)93-67-75(82)68-94-100(89,90)96-72-77(98-81(86)66-60-54-48-42-36-34-38-44-50-56-62-74(5)6)70-92-79(84)64-58-52-46-40-35-33-37-43-49-55-61-73(3)4/h73-77,82H,7-72H2,1-6H3,(H,87,88)(H,89,90)/t75-,76-,77-/m1/s1. The first-order chi connectivity index (χ1) is 48.4. The van der Waals surface area contributed by atoms with Crippen LogP contribution in [0.3, 0.4) is 0 Å². The van der Waals surface area contributed by atoms with Crippen LogP contribution in [0.5, 0.6) is 0 Å². The van der Waals surface area contributed by atoms with Crippen LogP contribution in [0.1, 0.15) is 427 Å². The number of aliphatic hydroxyl groups is 1. The summed E-state index contributed by atoms with van der Waals surface area (Å²) in [6.07, 6.45) is 62.4. The Labute approximate surface area is 613 Å². The summed E-state index contributed by atoms with van der Waals surface area (Å²) >= 11 is 0. The first kappa shape index (κ1) is 98.1. The molecule has 19 heteroatoms.